The lowest BCUT2D eigenvalue weighted by Gasteiger charge is -2.17. The Morgan fingerprint density at radius 3 is 2.70 bits per heavy atom. The van der Waals surface area contributed by atoms with Gasteiger partial charge in [-0.05, 0) is 42.3 Å². The average molecular weight is 386 g/mol. The standard InChI is InChI=1S/C19H18N2O5S/c22-17-11-27-16-6-3-13(9-15(16)21-17)19(25)20-8-7-12-1-4-14(5-2-12)26-10-18(23)24/h1-6,9H,7-8,10-11H2,(H,20,25)(H,21,22)(H,23,24). The number of aliphatic carboxylic acids is 1. The summed E-state index contributed by atoms with van der Waals surface area (Å²) in [5.41, 5.74) is 2.15. The van der Waals surface area contributed by atoms with E-state index in [9.17, 15) is 14.4 Å². The third kappa shape index (κ3) is 5.24. The molecule has 1 heterocycles. The van der Waals surface area contributed by atoms with Crippen molar-refractivity contribution in [1.82, 2.24) is 5.32 Å². The Bertz CT molecular complexity index is 867. The van der Waals surface area contributed by atoms with Gasteiger partial charge in [0.05, 0.1) is 11.4 Å². The summed E-state index contributed by atoms with van der Waals surface area (Å²) in [5.74, 6) is -0.426. The van der Waals surface area contributed by atoms with Gasteiger partial charge in [0.1, 0.15) is 5.75 Å². The molecular formula is C19H18N2O5S. The van der Waals surface area contributed by atoms with E-state index in [4.69, 9.17) is 9.84 Å². The predicted molar refractivity (Wildman–Crippen MR) is 101 cm³/mol. The van der Waals surface area contributed by atoms with E-state index in [0.29, 0.717) is 35.7 Å². The third-order valence-corrected chi connectivity index (χ3v) is 4.93. The molecule has 3 rings (SSSR count). The summed E-state index contributed by atoms with van der Waals surface area (Å²) in [6, 6.07) is 12.3. The molecule has 27 heavy (non-hydrogen) atoms. The summed E-state index contributed by atoms with van der Waals surface area (Å²) in [5, 5.41) is 14.2. The zero-order valence-corrected chi connectivity index (χ0v) is 15.2. The van der Waals surface area contributed by atoms with Crippen molar-refractivity contribution in [3.05, 3.63) is 53.6 Å². The lowest BCUT2D eigenvalue weighted by atomic mass is 10.1. The van der Waals surface area contributed by atoms with Gasteiger partial charge in [0.2, 0.25) is 5.91 Å². The number of fused-ring (bicyclic) bond motifs is 1. The molecule has 0 bridgehead atoms. The van der Waals surface area contributed by atoms with Crippen molar-refractivity contribution in [2.75, 3.05) is 24.2 Å². The second-order valence-corrected chi connectivity index (χ2v) is 6.90. The second-order valence-electron chi connectivity index (χ2n) is 5.88. The summed E-state index contributed by atoms with van der Waals surface area (Å²) in [4.78, 5) is 35.2. The largest absolute Gasteiger partial charge is 0.482 e. The maximum absolute atomic E-state index is 12.3. The Morgan fingerprint density at radius 2 is 1.96 bits per heavy atom. The van der Waals surface area contributed by atoms with Crippen LogP contribution in [0.5, 0.6) is 5.75 Å². The fraction of sp³-hybridized carbons (Fsp3) is 0.211. The number of hydrogen-bond donors (Lipinski definition) is 3. The van der Waals surface area contributed by atoms with E-state index in [-0.39, 0.29) is 18.4 Å². The molecule has 1 aliphatic rings. The van der Waals surface area contributed by atoms with Crippen molar-refractivity contribution < 1.29 is 24.2 Å². The normalized spacial score (nSPS) is 12.7. The van der Waals surface area contributed by atoms with Crippen LogP contribution in [0.3, 0.4) is 0 Å². The first kappa shape index (κ1) is 18.8. The van der Waals surface area contributed by atoms with Crippen molar-refractivity contribution >= 4 is 35.2 Å². The number of ether oxygens (including phenoxy) is 1. The third-order valence-electron chi connectivity index (χ3n) is 3.86. The van der Waals surface area contributed by atoms with Crippen LogP contribution < -0.4 is 15.4 Å². The number of nitrogens with one attached hydrogen (secondary N) is 2. The Morgan fingerprint density at radius 1 is 1.19 bits per heavy atom. The van der Waals surface area contributed by atoms with Gasteiger partial charge in [-0.2, -0.15) is 0 Å². The van der Waals surface area contributed by atoms with E-state index >= 15 is 0 Å². The quantitative estimate of drug-likeness (QED) is 0.674. The Hall–Kier alpha value is -3.00. The Balaban J connectivity index is 1.50. The predicted octanol–water partition coefficient (Wildman–Crippen LogP) is 2.17. The van der Waals surface area contributed by atoms with Crippen LogP contribution in [0.2, 0.25) is 0 Å². The molecule has 0 aromatic heterocycles. The summed E-state index contributed by atoms with van der Waals surface area (Å²) in [7, 11) is 0. The first-order valence-corrected chi connectivity index (χ1v) is 9.28. The van der Waals surface area contributed by atoms with Crippen LogP contribution in [-0.4, -0.2) is 41.8 Å². The minimum atomic E-state index is -1.03. The van der Waals surface area contributed by atoms with Crippen LogP contribution >= 0.6 is 11.8 Å². The Labute approximate surface area is 160 Å². The SMILES string of the molecule is O=C(O)COc1ccc(CCNC(=O)c2ccc3c(c2)NC(=O)CS3)cc1. The summed E-state index contributed by atoms with van der Waals surface area (Å²) < 4.78 is 5.08. The first-order valence-electron chi connectivity index (χ1n) is 8.30. The summed E-state index contributed by atoms with van der Waals surface area (Å²) >= 11 is 1.45. The number of carboxylic acid groups (broad SMARTS) is 1. The van der Waals surface area contributed by atoms with E-state index in [1.807, 2.05) is 18.2 Å². The molecule has 2 aromatic rings. The van der Waals surface area contributed by atoms with Gasteiger partial charge in [-0.3, -0.25) is 9.59 Å². The molecule has 2 amide bonds. The molecule has 2 aromatic carbocycles. The van der Waals surface area contributed by atoms with Crippen LogP contribution in [0.25, 0.3) is 0 Å². The highest BCUT2D eigenvalue weighted by atomic mass is 32.2. The van der Waals surface area contributed by atoms with E-state index in [0.717, 1.165) is 10.5 Å². The smallest absolute Gasteiger partial charge is 0.341 e. The van der Waals surface area contributed by atoms with Gasteiger partial charge in [-0.1, -0.05) is 12.1 Å². The number of anilines is 1. The van der Waals surface area contributed by atoms with E-state index in [1.165, 1.54) is 11.8 Å². The summed E-state index contributed by atoms with van der Waals surface area (Å²) in [6.45, 7) is 0.0709. The minimum absolute atomic E-state index is 0.0687. The number of rotatable bonds is 7. The Kier molecular flexibility index (Phi) is 5.97. The first-order chi connectivity index (χ1) is 13.0. The number of carboxylic acids is 1. The molecular weight excluding hydrogens is 368 g/mol. The molecule has 0 saturated heterocycles. The van der Waals surface area contributed by atoms with E-state index < -0.39 is 5.97 Å². The molecule has 0 atom stereocenters. The molecule has 8 heteroatoms. The van der Waals surface area contributed by atoms with Crippen molar-refractivity contribution in [3.63, 3.8) is 0 Å². The number of amides is 2. The lowest BCUT2D eigenvalue weighted by molar-refractivity contribution is -0.139. The highest BCUT2D eigenvalue weighted by Crippen LogP contribution is 2.31. The fourth-order valence-electron chi connectivity index (χ4n) is 2.54. The van der Waals surface area contributed by atoms with Crippen LogP contribution in [0, 0.1) is 0 Å². The highest BCUT2D eigenvalue weighted by Gasteiger charge is 2.17. The minimum Gasteiger partial charge on any atom is -0.482 e. The molecule has 0 aliphatic carbocycles. The molecule has 0 fully saturated rings. The molecule has 3 N–H and O–H groups in total. The molecule has 0 radical (unpaired) electrons. The molecule has 1 aliphatic heterocycles. The van der Waals surface area contributed by atoms with Gasteiger partial charge >= 0.3 is 5.97 Å². The molecule has 7 nitrogen and oxygen atoms in total. The molecule has 0 spiro atoms. The second kappa shape index (κ2) is 8.59. The van der Waals surface area contributed by atoms with Crippen molar-refractivity contribution in [2.24, 2.45) is 0 Å². The van der Waals surface area contributed by atoms with Crippen LogP contribution in [0.15, 0.2) is 47.4 Å². The van der Waals surface area contributed by atoms with Crippen LogP contribution in [-0.2, 0) is 16.0 Å². The van der Waals surface area contributed by atoms with Gasteiger partial charge in [0.25, 0.3) is 5.91 Å². The van der Waals surface area contributed by atoms with Crippen LogP contribution in [0.4, 0.5) is 5.69 Å². The van der Waals surface area contributed by atoms with E-state index in [1.54, 1.807) is 24.3 Å². The van der Waals surface area contributed by atoms with Gasteiger partial charge in [-0.25, -0.2) is 4.79 Å². The number of thioether (sulfide) groups is 1. The molecule has 0 unspecified atom stereocenters. The average Bonchev–Trinajstić information content (AvgIpc) is 2.66. The van der Waals surface area contributed by atoms with E-state index in [2.05, 4.69) is 10.6 Å². The topological polar surface area (TPSA) is 105 Å². The monoisotopic (exact) mass is 386 g/mol. The summed E-state index contributed by atoms with van der Waals surface area (Å²) in [6.07, 6.45) is 0.627. The zero-order valence-electron chi connectivity index (χ0n) is 14.4. The highest BCUT2D eigenvalue weighted by molar-refractivity contribution is 8.00. The fourth-order valence-corrected chi connectivity index (χ4v) is 3.33. The van der Waals surface area contributed by atoms with Gasteiger partial charge in [0.15, 0.2) is 6.61 Å². The number of hydrogen-bond acceptors (Lipinski definition) is 5. The zero-order chi connectivity index (χ0) is 19.2. The van der Waals surface area contributed by atoms with Gasteiger partial charge in [-0.15, -0.1) is 11.8 Å². The molecule has 0 saturated carbocycles. The van der Waals surface area contributed by atoms with Crippen molar-refractivity contribution in [3.8, 4) is 5.75 Å². The molecule has 140 valence electrons. The number of benzene rings is 2. The van der Waals surface area contributed by atoms with Gasteiger partial charge in [0, 0.05) is 17.0 Å². The van der Waals surface area contributed by atoms with Gasteiger partial charge < -0.3 is 20.5 Å². The van der Waals surface area contributed by atoms with Crippen molar-refractivity contribution in [2.45, 2.75) is 11.3 Å². The van der Waals surface area contributed by atoms with Crippen molar-refractivity contribution in [1.29, 1.82) is 0 Å². The van der Waals surface area contributed by atoms with Crippen LogP contribution in [0.1, 0.15) is 15.9 Å². The maximum atomic E-state index is 12.3. The number of carbonyl (C=O) groups excluding carboxylic acids is 2. The number of carbonyl (C=O) groups is 3. The lowest BCUT2D eigenvalue weighted by Crippen LogP contribution is -2.26. The maximum Gasteiger partial charge on any atom is 0.341 e.